The van der Waals surface area contributed by atoms with E-state index in [0.717, 1.165) is 37.4 Å². The van der Waals surface area contributed by atoms with Crippen LogP contribution in [-0.2, 0) is 16.1 Å². The number of ether oxygens (including phenoxy) is 1. The van der Waals surface area contributed by atoms with E-state index in [9.17, 15) is 9.59 Å². The number of hydrogen-bond acceptors (Lipinski definition) is 5. The van der Waals surface area contributed by atoms with Gasteiger partial charge >= 0.3 is 0 Å². The quantitative estimate of drug-likeness (QED) is 0.823. The zero-order chi connectivity index (χ0) is 19.5. The summed E-state index contributed by atoms with van der Waals surface area (Å²) in [5.41, 5.74) is 2.09. The first-order chi connectivity index (χ1) is 13.7. The Balaban J connectivity index is 1.49. The van der Waals surface area contributed by atoms with Gasteiger partial charge in [-0.2, -0.15) is 0 Å². The molecule has 3 heterocycles. The Labute approximate surface area is 163 Å². The summed E-state index contributed by atoms with van der Waals surface area (Å²) in [4.78, 5) is 31.1. The molecular formula is C20H25N5O3. The number of carbonyl (C=O) groups is 2. The van der Waals surface area contributed by atoms with Gasteiger partial charge in [0, 0.05) is 50.6 Å². The number of carbonyl (C=O) groups excluding carboxylic acids is 2. The van der Waals surface area contributed by atoms with Crippen molar-refractivity contribution in [1.82, 2.24) is 14.5 Å². The maximum atomic E-state index is 13.1. The maximum Gasteiger partial charge on any atom is 0.253 e. The maximum absolute atomic E-state index is 13.1. The third-order valence-electron chi connectivity index (χ3n) is 5.34. The van der Waals surface area contributed by atoms with Gasteiger partial charge in [-0.1, -0.05) is 0 Å². The number of hydrogen-bond donors (Lipinski definition) is 2. The second kappa shape index (κ2) is 8.02. The van der Waals surface area contributed by atoms with Crippen LogP contribution in [0.3, 0.4) is 0 Å². The molecule has 4 rings (SSSR count). The summed E-state index contributed by atoms with van der Waals surface area (Å²) in [6.45, 7) is 3.02. The summed E-state index contributed by atoms with van der Waals surface area (Å²) in [5, 5.41) is 5.87. The Morgan fingerprint density at radius 1 is 1.36 bits per heavy atom. The lowest BCUT2D eigenvalue weighted by Gasteiger charge is -2.33. The average Bonchev–Trinajstić information content (AvgIpc) is 3.20. The average molecular weight is 383 g/mol. The van der Waals surface area contributed by atoms with E-state index in [1.165, 1.54) is 0 Å². The van der Waals surface area contributed by atoms with Crippen LogP contribution >= 0.6 is 0 Å². The van der Waals surface area contributed by atoms with Crippen molar-refractivity contribution in [2.75, 3.05) is 44.0 Å². The third kappa shape index (κ3) is 3.73. The van der Waals surface area contributed by atoms with Crippen molar-refractivity contribution in [3.05, 3.63) is 42.0 Å². The van der Waals surface area contributed by atoms with Gasteiger partial charge in [-0.3, -0.25) is 9.59 Å². The fraction of sp³-hybridized carbons (Fsp3) is 0.450. The molecule has 2 N–H and O–H groups in total. The molecule has 0 bridgehead atoms. The van der Waals surface area contributed by atoms with Crippen molar-refractivity contribution in [2.45, 2.75) is 25.3 Å². The SMILES string of the molecule is COCCn1ccnc1[C@@H]1CCCN(C(=O)c2ccc3c(c2)NC(=O)CN3)C1. The van der Waals surface area contributed by atoms with Crippen LogP contribution in [0.2, 0.25) is 0 Å². The first kappa shape index (κ1) is 18.5. The molecule has 2 aliphatic rings. The minimum absolute atomic E-state index is 0.0117. The molecule has 1 aromatic heterocycles. The first-order valence-electron chi connectivity index (χ1n) is 9.62. The highest BCUT2D eigenvalue weighted by Crippen LogP contribution is 2.29. The summed E-state index contributed by atoms with van der Waals surface area (Å²) in [5.74, 6) is 1.11. The molecule has 8 heteroatoms. The minimum atomic E-state index is -0.0990. The van der Waals surface area contributed by atoms with E-state index in [1.54, 1.807) is 13.2 Å². The van der Waals surface area contributed by atoms with Gasteiger partial charge < -0.3 is 24.8 Å². The second-order valence-corrected chi connectivity index (χ2v) is 7.22. The lowest BCUT2D eigenvalue weighted by molar-refractivity contribution is -0.114. The smallest absolute Gasteiger partial charge is 0.253 e. The number of amides is 2. The molecule has 2 aliphatic heterocycles. The molecular weight excluding hydrogens is 358 g/mol. The molecule has 1 saturated heterocycles. The van der Waals surface area contributed by atoms with Crippen LogP contribution in [0.5, 0.6) is 0 Å². The van der Waals surface area contributed by atoms with Crippen LogP contribution in [0.25, 0.3) is 0 Å². The number of methoxy groups -OCH3 is 1. The minimum Gasteiger partial charge on any atom is -0.383 e. The van der Waals surface area contributed by atoms with Crippen molar-refractivity contribution < 1.29 is 14.3 Å². The van der Waals surface area contributed by atoms with E-state index >= 15 is 0 Å². The first-order valence-corrected chi connectivity index (χ1v) is 9.62. The van der Waals surface area contributed by atoms with Crippen LogP contribution in [0, 0.1) is 0 Å². The molecule has 1 aromatic carbocycles. The molecule has 1 atom stereocenters. The van der Waals surface area contributed by atoms with Crippen LogP contribution in [0.4, 0.5) is 11.4 Å². The fourth-order valence-electron chi connectivity index (χ4n) is 3.92. The number of nitrogens with one attached hydrogen (secondary N) is 2. The summed E-state index contributed by atoms with van der Waals surface area (Å²) in [7, 11) is 1.69. The standard InChI is InChI=1S/C20H25N5O3/c1-28-10-9-24-8-6-21-19(24)15-3-2-7-25(13-15)20(27)14-4-5-16-17(11-14)23-18(26)12-22-16/h4-6,8,11,15,22H,2-3,7,9-10,12-13H2,1H3,(H,23,26)/t15-/m1/s1. The van der Waals surface area contributed by atoms with Gasteiger partial charge in [0.15, 0.2) is 0 Å². The fourth-order valence-corrected chi connectivity index (χ4v) is 3.92. The molecule has 0 saturated carbocycles. The predicted octanol–water partition coefficient (Wildman–Crippen LogP) is 1.91. The second-order valence-electron chi connectivity index (χ2n) is 7.22. The summed E-state index contributed by atoms with van der Waals surface area (Å²) < 4.78 is 7.29. The Morgan fingerprint density at radius 3 is 3.11 bits per heavy atom. The van der Waals surface area contributed by atoms with Gasteiger partial charge in [-0.25, -0.2) is 4.98 Å². The van der Waals surface area contributed by atoms with Gasteiger partial charge in [0.1, 0.15) is 5.82 Å². The van der Waals surface area contributed by atoms with E-state index in [4.69, 9.17) is 4.74 Å². The van der Waals surface area contributed by atoms with Crippen molar-refractivity contribution >= 4 is 23.2 Å². The molecule has 1 fully saturated rings. The van der Waals surface area contributed by atoms with E-state index in [2.05, 4.69) is 20.2 Å². The highest BCUT2D eigenvalue weighted by molar-refractivity contribution is 6.03. The Hall–Kier alpha value is -2.87. The number of aromatic nitrogens is 2. The predicted molar refractivity (Wildman–Crippen MR) is 106 cm³/mol. The van der Waals surface area contributed by atoms with E-state index in [0.29, 0.717) is 24.4 Å². The lowest BCUT2D eigenvalue weighted by atomic mass is 9.96. The monoisotopic (exact) mass is 383 g/mol. The van der Waals surface area contributed by atoms with Crippen LogP contribution in [-0.4, -0.2) is 59.6 Å². The highest BCUT2D eigenvalue weighted by atomic mass is 16.5. The number of anilines is 2. The van der Waals surface area contributed by atoms with Gasteiger partial charge in [-0.15, -0.1) is 0 Å². The van der Waals surface area contributed by atoms with Gasteiger partial charge in [-0.05, 0) is 31.0 Å². The van der Waals surface area contributed by atoms with Gasteiger partial charge in [0.25, 0.3) is 5.91 Å². The summed E-state index contributed by atoms with van der Waals surface area (Å²) in [6, 6.07) is 5.42. The molecule has 2 aromatic rings. The number of rotatable bonds is 5. The molecule has 28 heavy (non-hydrogen) atoms. The van der Waals surface area contributed by atoms with Crippen molar-refractivity contribution in [3.8, 4) is 0 Å². The number of likely N-dealkylation sites (tertiary alicyclic amines) is 1. The van der Waals surface area contributed by atoms with Gasteiger partial charge in [0.05, 0.1) is 24.5 Å². The molecule has 0 aliphatic carbocycles. The number of piperidine rings is 1. The zero-order valence-corrected chi connectivity index (χ0v) is 16.0. The molecule has 2 amide bonds. The van der Waals surface area contributed by atoms with E-state index in [1.807, 2.05) is 29.4 Å². The lowest BCUT2D eigenvalue weighted by Crippen LogP contribution is -2.40. The summed E-state index contributed by atoms with van der Waals surface area (Å²) in [6.07, 6.45) is 5.73. The largest absolute Gasteiger partial charge is 0.383 e. The van der Waals surface area contributed by atoms with Crippen molar-refractivity contribution in [3.63, 3.8) is 0 Å². The van der Waals surface area contributed by atoms with E-state index < -0.39 is 0 Å². The Morgan fingerprint density at radius 2 is 2.25 bits per heavy atom. The van der Waals surface area contributed by atoms with Crippen LogP contribution in [0.1, 0.15) is 34.9 Å². The summed E-state index contributed by atoms with van der Waals surface area (Å²) >= 11 is 0. The van der Waals surface area contributed by atoms with Crippen LogP contribution in [0.15, 0.2) is 30.6 Å². The number of fused-ring (bicyclic) bond motifs is 1. The van der Waals surface area contributed by atoms with Crippen LogP contribution < -0.4 is 10.6 Å². The third-order valence-corrected chi connectivity index (χ3v) is 5.34. The highest BCUT2D eigenvalue weighted by Gasteiger charge is 2.28. The number of imidazole rings is 1. The molecule has 148 valence electrons. The molecule has 0 spiro atoms. The van der Waals surface area contributed by atoms with Gasteiger partial charge in [0.2, 0.25) is 5.91 Å². The van der Waals surface area contributed by atoms with E-state index in [-0.39, 0.29) is 24.3 Å². The topological polar surface area (TPSA) is 88.5 Å². The van der Waals surface area contributed by atoms with Crippen molar-refractivity contribution in [1.29, 1.82) is 0 Å². The molecule has 0 radical (unpaired) electrons. The zero-order valence-electron chi connectivity index (χ0n) is 16.0. The number of nitrogens with zero attached hydrogens (tertiary/aromatic N) is 3. The number of benzene rings is 1. The normalized spacial score (nSPS) is 19.0. The Kier molecular flexibility index (Phi) is 5.29. The molecule has 0 unspecified atom stereocenters. The Bertz CT molecular complexity index is 878. The molecule has 8 nitrogen and oxygen atoms in total. The van der Waals surface area contributed by atoms with Crippen molar-refractivity contribution in [2.24, 2.45) is 0 Å².